The van der Waals surface area contributed by atoms with E-state index in [0.29, 0.717) is 6.04 Å². The van der Waals surface area contributed by atoms with Crippen LogP contribution in [0, 0.1) is 0 Å². The fraction of sp³-hybridized carbons (Fsp3) is 0.714. The monoisotopic (exact) mass is 238 g/mol. The van der Waals surface area contributed by atoms with Gasteiger partial charge >= 0.3 is 0 Å². The molecule has 1 aromatic rings. The number of hydrogen-bond acceptors (Lipinski definition) is 3. The molecule has 0 bridgehead atoms. The van der Waals surface area contributed by atoms with E-state index in [1.54, 1.807) is 6.26 Å². The normalized spacial score (nSPS) is 17.1. The summed E-state index contributed by atoms with van der Waals surface area (Å²) in [4.78, 5) is 2.34. The van der Waals surface area contributed by atoms with Crippen LogP contribution in [0.1, 0.15) is 51.8 Å². The van der Waals surface area contributed by atoms with Gasteiger partial charge in [-0.05, 0) is 38.9 Å². The van der Waals surface area contributed by atoms with E-state index in [0.717, 1.165) is 12.2 Å². The van der Waals surface area contributed by atoms with Crippen LogP contribution in [-0.4, -0.2) is 24.0 Å². The first kappa shape index (κ1) is 14.3. The summed E-state index contributed by atoms with van der Waals surface area (Å²) in [6.45, 7) is 6.59. The Morgan fingerprint density at radius 1 is 1.41 bits per heavy atom. The predicted molar refractivity (Wildman–Crippen MR) is 71.8 cm³/mol. The third-order valence-corrected chi connectivity index (χ3v) is 3.55. The molecule has 0 spiro atoms. The van der Waals surface area contributed by atoms with Gasteiger partial charge in [0.05, 0.1) is 12.3 Å². The van der Waals surface area contributed by atoms with E-state index < -0.39 is 0 Å². The summed E-state index contributed by atoms with van der Waals surface area (Å²) in [5.74, 6) is 0.977. The molecular formula is C14H26N2O. The molecule has 0 aliphatic heterocycles. The molecule has 3 unspecified atom stereocenters. The van der Waals surface area contributed by atoms with Crippen molar-refractivity contribution in [1.29, 1.82) is 0 Å². The maximum absolute atomic E-state index is 6.24. The van der Waals surface area contributed by atoms with Crippen LogP contribution in [0.4, 0.5) is 0 Å². The van der Waals surface area contributed by atoms with Crippen molar-refractivity contribution in [2.75, 3.05) is 7.05 Å². The zero-order valence-electron chi connectivity index (χ0n) is 11.5. The Bertz CT molecular complexity index is 297. The van der Waals surface area contributed by atoms with Gasteiger partial charge in [0.25, 0.3) is 0 Å². The fourth-order valence-electron chi connectivity index (χ4n) is 2.29. The maximum Gasteiger partial charge on any atom is 0.122 e. The second-order valence-corrected chi connectivity index (χ2v) is 4.84. The molecule has 3 nitrogen and oxygen atoms in total. The minimum absolute atomic E-state index is 0.116. The van der Waals surface area contributed by atoms with E-state index in [4.69, 9.17) is 10.2 Å². The topological polar surface area (TPSA) is 42.4 Å². The Kier molecular flexibility index (Phi) is 5.72. The van der Waals surface area contributed by atoms with Gasteiger partial charge in [-0.2, -0.15) is 0 Å². The number of nitrogens with zero attached hydrogens (tertiary/aromatic N) is 1. The molecule has 0 amide bonds. The average molecular weight is 238 g/mol. The molecular weight excluding hydrogens is 212 g/mol. The lowest BCUT2D eigenvalue weighted by Crippen LogP contribution is -2.42. The molecule has 0 saturated heterocycles. The smallest absolute Gasteiger partial charge is 0.122 e. The minimum Gasteiger partial charge on any atom is -0.468 e. The van der Waals surface area contributed by atoms with Crippen LogP contribution in [0.15, 0.2) is 22.8 Å². The third kappa shape index (κ3) is 3.58. The summed E-state index contributed by atoms with van der Waals surface area (Å²) < 4.78 is 5.55. The van der Waals surface area contributed by atoms with E-state index in [1.807, 2.05) is 12.1 Å². The number of furan rings is 1. The standard InChI is InChI=1S/C14H26N2O/c1-5-8-11(3)16(4)14(12(15)6-2)13-9-7-10-17-13/h7,9-12,14H,5-6,8,15H2,1-4H3. The number of rotatable bonds is 7. The molecule has 1 heterocycles. The van der Waals surface area contributed by atoms with Gasteiger partial charge < -0.3 is 10.2 Å². The van der Waals surface area contributed by atoms with Crippen molar-refractivity contribution in [3.8, 4) is 0 Å². The molecule has 17 heavy (non-hydrogen) atoms. The lowest BCUT2D eigenvalue weighted by Gasteiger charge is -2.35. The van der Waals surface area contributed by atoms with E-state index in [-0.39, 0.29) is 12.1 Å². The van der Waals surface area contributed by atoms with Gasteiger partial charge in [-0.1, -0.05) is 20.3 Å². The highest BCUT2D eigenvalue weighted by molar-refractivity contribution is 5.08. The molecule has 98 valence electrons. The van der Waals surface area contributed by atoms with Crippen molar-refractivity contribution in [2.45, 2.75) is 58.2 Å². The molecule has 0 aliphatic carbocycles. The summed E-state index contributed by atoms with van der Waals surface area (Å²) >= 11 is 0. The lowest BCUT2D eigenvalue weighted by atomic mass is 10.00. The Labute approximate surface area is 105 Å². The highest BCUT2D eigenvalue weighted by Crippen LogP contribution is 2.27. The molecule has 2 N–H and O–H groups in total. The Hall–Kier alpha value is -0.800. The largest absolute Gasteiger partial charge is 0.468 e. The van der Waals surface area contributed by atoms with E-state index >= 15 is 0 Å². The molecule has 3 heteroatoms. The van der Waals surface area contributed by atoms with E-state index in [9.17, 15) is 0 Å². The molecule has 1 rings (SSSR count). The van der Waals surface area contributed by atoms with Crippen LogP contribution in [0.2, 0.25) is 0 Å². The third-order valence-electron chi connectivity index (χ3n) is 3.55. The van der Waals surface area contributed by atoms with Crippen molar-refractivity contribution in [3.05, 3.63) is 24.2 Å². The predicted octanol–water partition coefficient (Wildman–Crippen LogP) is 3.18. The summed E-state index contributed by atoms with van der Waals surface area (Å²) in [5, 5.41) is 0. The van der Waals surface area contributed by atoms with Gasteiger partial charge in [0, 0.05) is 12.1 Å². The quantitative estimate of drug-likeness (QED) is 0.793. The molecule has 0 fully saturated rings. The summed E-state index contributed by atoms with van der Waals surface area (Å²) in [6, 6.07) is 4.77. The van der Waals surface area contributed by atoms with E-state index in [2.05, 4.69) is 32.7 Å². The van der Waals surface area contributed by atoms with Crippen LogP contribution in [-0.2, 0) is 0 Å². The zero-order chi connectivity index (χ0) is 12.8. The fourth-order valence-corrected chi connectivity index (χ4v) is 2.29. The summed E-state index contributed by atoms with van der Waals surface area (Å²) in [7, 11) is 2.14. The van der Waals surface area contributed by atoms with Gasteiger partial charge in [-0.25, -0.2) is 0 Å². The zero-order valence-corrected chi connectivity index (χ0v) is 11.5. The van der Waals surface area contributed by atoms with Crippen molar-refractivity contribution < 1.29 is 4.42 Å². The lowest BCUT2D eigenvalue weighted by molar-refractivity contribution is 0.132. The second-order valence-electron chi connectivity index (χ2n) is 4.84. The maximum atomic E-state index is 6.24. The van der Waals surface area contributed by atoms with Crippen LogP contribution >= 0.6 is 0 Å². The first-order valence-corrected chi connectivity index (χ1v) is 6.62. The van der Waals surface area contributed by atoms with Gasteiger partial charge in [0.15, 0.2) is 0 Å². The van der Waals surface area contributed by atoms with Crippen molar-refractivity contribution in [2.24, 2.45) is 5.73 Å². The van der Waals surface area contributed by atoms with Crippen LogP contribution in [0.5, 0.6) is 0 Å². The van der Waals surface area contributed by atoms with Crippen molar-refractivity contribution in [1.82, 2.24) is 4.90 Å². The highest BCUT2D eigenvalue weighted by Gasteiger charge is 2.28. The van der Waals surface area contributed by atoms with Crippen molar-refractivity contribution in [3.63, 3.8) is 0 Å². The summed E-state index contributed by atoms with van der Waals surface area (Å²) in [6.07, 6.45) is 5.06. The van der Waals surface area contributed by atoms with Gasteiger partial charge in [0.2, 0.25) is 0 Å². The van der Waals surface area contributed by atoms with Crippen LogP contribution < -0.4 is 5.73 Å². The SMILES string of the molecule is CCCC(C)N(C)C(c1ccco1)C(N)CC. The minimum atomic E-state index is 0.116. The van der Waals surface area contributed by atoms with Crippen LogP contribution in [0.3, 0.4) is 0 Å². The molecule has 0 radical (unpaired) electrons. The van der Waals surface area contributed by atoms with Gasteiger partial charge in [0.1, 0.15) is 5.76 Å². The molecule has 0 saturated carbocycles. The molecule has 3 atom stereocenters. The van der Waals surface area contributed by atoms with Crippen molar-refractivity contribution >= 4 is 0 Å². The number of likely N-dealkylation sites (N-methyl/N-ethyl adjacent to an activating group) is 1. The van der Waals surface area contributed by atoms with Gasteiger partial charge in [-0.15, -0.1) is 0 Å². The first-order valence-electron chi connectivity index (χ1n) is 6.62. The second kappa shape index (κ2) is 6.82. The number of hydrogen-bond donors (Lipinski definition) is 1. The molecule has 1 aromatic heterocycles. The van der Waals surface area contributed by atoms with Crippen LogP contribution in [0.25, 0.3) is 0 Å². The summed E-state index contributed by atoms with van der Waals surface area (Å²) in [5.41, 5.74) is 6.24. The molecule has 0 aliphatic rings. The Balaban J connectivity index is 2.83. The Morgan fingerprint density at radius 2 is 2.12 bits per heavy atom. The highest BCUT2D eigenvalue weighted by atomic mass is 16.3. The molecule has 0 aromatic carbocycles. The average Bonchev–Trinajstić information content (AvgIpc) is 2.82. The van der Waals surface area contributed by atoms with E-state index in [1.165, 1.54) is 12.8 Å². The van der Waals surface area contributed by atoms with Gasteiger partial charge in [-0.3, -0.25) is 4.90 Å². The first-order chi connectivity index (χ1) is 8.11. The Morgan fingerprint density at radius 3 is 2.59 bits per heavy atom. The number of nitrogens with two attached hydrogens (primary N) is 1.